The smallest absolute Gasteiger partial charge is 0.225 e. The van der Waals surface area contributed by atoms with E-state index in [9.17, 15) is 14.0 Å². The Labute approximate surface area is 169 Å². The predicted molar refractivity (Wildman–Crippen MR) is 107 cm³/mol. The molecule has 0 bridgehead atoms. The summed E-state index contributed by atoms with van der Waals surface area (Å²) in [6.45, 7) is 4.89. The summed E-state index contributed by atoms with van der Waals surface area (Å²) in [6.07, 6.45) is 1.17. The molecule has 0 saturated carbocycles. The lowest BCUT2D eigenvalue weighted by molar-refractivity contribution is -0.125. The largest absolute Gasteiger partial charge is 0.487 e. The molecule has 2 aliphatic heterocycles. The molecule has 2 aliphatic rings. The fourth-order valence-corrected chi connectivity index (χ4v) is 3.96. The van der Waals surface area contributed by atoms with Crippen molar-refractivity contribution in [1.82, 2.24) is 5.32 Å². The monoisotopic (exact) mass is 397 g/mol. The van der Waals surface area contributed by atoms with Crippen LogP contribution in [0.2, 0.25) is 0 Å². The number of rotatable bonds is 5. The second-order valence-electron chi connectivity index (χ2n) is 7.80. The third-order valence-electron chi connectivity index (χ3n) is 5.51. The van der Waals surface area contributed by atoms with Crippen molar-refractivity contribution in [3.63, 3.8) is 0 Å². The van der Waals surface area contributed by atoms with Crippen molar-refractivity contribution in [1.29, 1.82) is 0 Å². The van der Waals surface area contributed by atoms with E-state index in [1.807, 2.05) is 19.1 Å². The van der Waals surface area contributed by atoms with Crippen LogP contribution in [-0.4, -0.2) is 37.6 Å². The summed E-state index contributed by atoms with van der Waals surface area (Å²) in [6, 6.07) is 8.28. The van der Waals surface area contributed by atoms with Crippen molar-refractivity contribution in [3.05, 3.63) is 52.8 Å². The van der Waals surface area contributed by atoms with E-state index in [1.165, 1.54) is 19.1 Å². The maximum Gasteiger partial charge on any atom is 0.225 e. The fourth-order valence-electron chi connectivity index (χ4n) is 3.96. The number of aryl methyl sites for hydroxylation is 1. The average Bonchev–Trinajstić information content (AvgIpc) is 3.35. The summed E-state index contributed by atoms with van der Waals surface area (Å²) in [5.74, 6) is -0.00495. The molecule has 0 aromatic heterocycles. The van der Waals surface area contributed by atoms with Gasteiger partial charge in [0.15, 0.2) is 5.78 Å². The van der Waals surface area contributed by atoms with Crippen LogP contribution < -0.4 is 10.1 Å². The molecule has 1 N–H and O–H groups in total. The van der Waals surface area contributed by atoms with Gasteiger partial charge in [-0.1, -0.05) is 6.07 Å². The van der Waals surface area contributed by atoms with Gasteiger partial charge in [0.25, 0.3) is 0 Å². The molecule has 6 heteroatoms. The predicted octanol–water partition coefficient (Wildman–Crippen LogP) is 3.46. The first-order chi connectivity index (χ1) is 13.9. The number of Topliss-reactive ketones (excluding diaryl/α,β-unsaturated/α-hetero) is 1. The highest BCUT2D eigenvalue weighted by Crippen LogP contribution is 2.41. The van der Waals surface area contributed by atoms with Gasteiger partial charge in [0, 0.05) is 29.7 Å². The first kappa shape index (κ1) is 19.6. The van der Waals surface area contributed by atoms with E-state index in [0.717, 1.165) is 17.5 Å². The lowest BCUT2D eigenvalue weighted by atomic mass is 9.95. The first-order valence-corrected chi connectivity index (χ1v) is 9.89. The normalized spacial score (nSPS) is 20.2. The molecule has 5 nitrogen and oxygen atoms in total. The number of amides is 1. The number of nitrogens with one attached hydrogen (secondary N) is 1. The van der Waals surface area contributed by atoms with Gasteiger partial charge in [-0.2, -0.15) is 0 Å². The Morgan fingerprint density at radius 2 is 2.03 bits per heavy atom. The standard InChI is InChI=1S/C23H24FNO4/c1-13-7-17-9-18(11-25-23(27)16-5-6-28-12-16)29-22(17)20(8-13)19-10-15(14(2)26)3-4-21(19)24/h3-4,7-8,10,16,18H,5-6,9,11-12H2,1-2H3,(H,25,27). The Kier molecular flexibility index (Phi) is 5.37. The molecule has 2 heterocycles. The number of ether oxygens (including phenoxy) is 2. The van der Waals surface area contributed by atoms with Gasteiger partial charge in [0.1, 0.15) is 17.7 Å². The number of ketones is 1. The van der Waals surface area contributed by atoms with Crippen LogP contribution in [0.5, 0.6) is 5.75 Å². The Morgan fingerprint density at radius 3 is 2.76 bits per heavy atom. The minimum absolute atomic E-state index is 0.0151. The number of halogens is 1. The van der Waals surface area contributed by atoms with E-state index >= 15 is 0 Å². The highest BCUT2D eigenvalue weighted by Gasteiger charge is 2.29. The van der Waals surface area contributed by atoms with Crippen LogP contribution in [0.4, 0.5) is 4.39 Å². The van der Waals surface area contributed by atoms with E-state index in [4.69, 9.17) is 9.47 Å². The van der Waals surface area contributed by atoms with E-state index in [2.05, 4.69) is 5.32 Å². The number of hydrogen-bond donors (Lipinski definition) is 1. The summed E-state index contributed by atoms with van der Waals surface area (Å²) in [4.78, 5) is 24.0. The molecule has 1 amide bonds. The van der Waals surface area contributed by atoms with E-state index in [1.54, 1.807) is 6.07 Å². The number of fused-ring (bicyclic) bond motifs is 1. The molecule has 0 spiro atoms. The highest BCUT2D eigenvalue weighted by atomic mass is 19.1. The van der Waals surface area contributed by atoms with Crippen LogP contribution in [0.3, 0.4) is 0 Å². The zero-order valence-electron chi connectivity index (χ0n) is 16.6. The van der Waals surface area contributed by atoms with E-state index in [-0.39, 0.29) is 23.7 Å². The molecule has 2 aromatic rings. The molecule has 2 aromatic carbocycles. The van der Waals surface area contributed by atoms with Crippen LogP contribution in [-0.2, 0) is 16.0 Å². The van der Waals surface area contributed by atoms with Crippen LogP contribution in [0, 0.1) is 18.7 Å². The number of carbonyl (C=O) groups is 2. The maximum absolute atomic E-state index is 14.6. The summed E-state index contributed by atoms with van der Waals surface area (Å²) in [5, 5.41) is 2.95. The summed E-state index contributed by atoms with van der Waals surface area (Å²) >= 11 is 0. The fraction of sp³-hybridized carbons (Fsp3) is 0.391. The zero-order chi connectivity index (χ0) is 20.5. The van der Waals surface area contributed by atoms with Crippen molar-refractivity contribution in [2.24, 2.45) is 5.92 Å². The quantitative estimate of drug-likeness (QED) is 0.785. The lowest BCUT2D eigenvalue weighted by Crippen LogP contribution is -2.38. The topological polar surface area (TPSA) is 64.6 Å². The van der Waals surface area contributed by atoms with Crippen molar-refractivity contribution in [3.8, 4) is 16.9 Å². The number of hydrogen-bond acceptors (Lipinski definition) is 4. The van der Waals surface area contributed by atoms with Crippen LogP contribution in [0.15, 0.2) is 30.3 Å². The Bertz CT molecular complexity index is 966. The molecule has 1 saturated heterocycles. The second kappa shape index (κ2) is 7.95. The molecular weight excluding hydrogens is 373 g/mol. The molecule has 4 rings (SSSR count). The van der Waals surface area contributed by atoms with Crippen molar-refractivity contribution < 1.29 is 23.5 Å². The Morgan fingerprint density at radius 1 is 1.21 bits per heavy atom. The highest BCUT2D eigenvalue weighted by molar-refractivity contribution is 5.95. The van der Waals surface area contributed by atoms with Crippen LogP contribution >= 0.6 is 0 Å². The van der Waals surface area contributed by atoms with Crippen molar-refractivity contribution in [2.45, 2.75) is 32.8 Å². The molecule has 2 atom stereocenters. The lowest BCUT2D eigenvalue weighted by Gasteiger charge is -2.16. The van der Waals surface area contributed by atoms with Crippen LogP contribution in [0.1, 0.15) is 34.8 Å². The molecule has 29 heavy (non-hydrogen) atoms. The first-order valence-electron chi connectivity index (χ1n) is 9.89. The van der Waals surface area contributed by atoms with E-state index < -0.39 is 5.82 Å². The van der Waals surface area contributed by atoms with Gasteiger partial charge >= 0.3 is 0 Å². The maximum atomic E-state index is 14.6. The summed E-state index contributed by atoms with van der Waals surface area (Å²) in [5.41, 5.74) is 3.42. The van der Waals surface area contributed by atoms with Gasteiger partial charge < -0.3 is 14.8 Å². The van der Waals surface area contributed by atoms with Gasteiger partial charge in [-0.3, -0.25) is 9.59 Å². The Hall–Kier alpha value is -2.73. The minimum atomic E-state index is -0.399. The van der Waals surface area contributed by atoms with Crippen molar-refractivity contribution >= 4 is 11.7 Å². The van der Waals surface area contributed by atoms with Gasteiger partial charge in [-0.05, 0) is 55.7 Å². The molecule has 152 valence electrons. The molecule has 1 fully saturated rings. The zero-order valence-corrected chi connectivity index (χ0v) is 16.6. The Balaban J connectivity index is 1.56. The minimum Gasteiger partial charge on any atom is -0.487 e. The number of benzene rings is 2. The SMILES string of the molecule is CC(=O)c1ccc(F)c(-c2cc(C)cc3c2OC(CNC(=O)C2CCOC2)C3)c1. The van der Waals surface area contributed by atoms with Crippen molar-refractivity contribution in [2.75, 3.05) is 19.8 Å². The average molecular weight is 397 g/mol. The second-order valence-corrected chi connectivity index (χ2v) is 7.80. The van der Waals surface area contributed by atoms with Gasteiger partial charge in [0.2, 0.25) is 5.91 Å². The summed E-state index contributed by atoms with van der Waals surface area (Å²) < 4.78 is 26.0. The third kappa shape index (κ3) is 4.03. The van der Waals surface area contributed by atoms with Gasteiger partial charge in [0.05, 0.1) is 19.1 Å². The molecular formula is C23H24FNO4. The van der Waals surface area contributed by atoms with E-state index in [0.29, 0.717) is 48.6 Å². The molecule has 0 radical (unpaired) electrons. The molecule has 0 aliphatic carbocycles. The number of carbonyl (C=O) groups excluding carboxylic acids is 2. The van der Waals surface area contributed by atoms with Gasteiger partial charge in [-0.25, -0.2) is 4.39 Å². The summed E-state index contributed by atoms with van der Waals surface area (Å²) in [7, 11) is 0. The third-order valence-corrected chi connectivity index (χ3v) is 5.51. The molecule has 2 unspecified atom stereocenters. The van der Waals surface area contributed by atoms with Gasteiger partial charge in [-0.15, -0.1) is 0 Å². The van der Waals surface area contributed by atoms with Crippen LogP contribution in [0.25, 0.3) is 11.1 Å².